The second-order valence-corrected chi connectivity index (χ2v) is 3.58. The highest BCUT2D eigenvalue weighted by atomic mass is 32.1. The number of aliphatic imine (C=N–C) groups is 1. The van der Waals surface area contributed by atoms with E-state index in [4.69, 9.17) is 23.8 Å². The Hall–Kier alpha value is -0.940. The summed E-state index contributed by atoms with van der Waals surface area (Å²) in [6.45, 7) is 5.91. The zero-order chi connectivity index (χ0) is 11.1. The van der Waals surface area contributed by atoms with Crippen LogP contribution in [0, 0.1) is 5.92 Å². The minimum atomic E-state index is 0.365. The van der Waals surface area contributed by atoms with Crippen LogP contribution in [-0.2, 0) is 0 Å². The molecule has 0 radical (unpaired) electrons. The highest BCUT2D eigenvalue weighted by Crippen LogP contribution is 2.04. The third-order valence-electron chi connectivity index (χ3n) is 1.82. The topological polar surface area (TPSA) is 76.4 Å². The molecule has 0 heterocycles. The van der Waals surface area contributed by atoms with Gasteiger partial charge in [0.05, 0.1) is 0 Å². The standard InChI is InChI=1S/C9H18N4S/c1-4-6(2)5-12-8(7(3)10)9(14)13-11/h5-6H,4,10-11H2,1-3H3,(H,13,14)/b8-7+,12-5?. The summed E-state index contributed by atoms with van der Waals surface area (Å²) in [5.41, 5.74) is 9.10. The first-order valence-corrected chi connectivity index (χ1v) is 4.95. The number of nitrogens with one attached hydrogen (secondary N) is 1. The van der Waals surface area contributed by atoms with Crippen LogP contribution in [0.1, 0.15) is 27.2 Å². The second kappa shape index (κ2) is 6.50. The van der Waals surface area contributed by atoms with Gasteiger partial charge in [-0.15, -0.1) is 0 Å². The molecule has 1 atom stereocenters. The van der Waals surface area contributed by atoms with Crippen LogP contribution in [0.5, 0.6) is 0 Å². The van der Waals surface area contributed by atoms with Gasteiger partial charge < -0.3 is 11.2 Å². The van der Waals surface area contributed by atoms with Crippen LogP contribution in [0.15, 0.2) is 16.4 Å². The van der Waals surface area contributed by atoms with Gasteiger partial charge in [0, 0.05) is 11.9 Å². The third-order valence-corrected chi connectivity index (χ3v) is 2.13. The minimum Gasteiger partial charge on any atom is -0.400 e. The normalized spacial score (nSPS) is 15.1. The molecule has 0 fully saturated rings. The molecule has 4 nitrogen and oxygen atoms in total. The fourth-order valence-electron chi connectivity index (χ4n) is 0.715. The summed E-state index contributed by atoms with van der Waals surface area (Å²) in [6, 6.07) is 0. The van der Waals surface area contributed by atoms with Crippen LogP contribution in [0.4, 0.5) is 0 Å². The number of allylic oxidation sites excluding steroid dienone is 1. The summed E-state index contributed by atoms with van der Waals surface area (Å²) in [7, 11) is 0. The van der Waals surface area contributed by atoms with E-state index in [1.165, 1.54) is 0 Å². The van der Waals surface area contributed by atoms with Gasteiger partial charge in [0.15, 0.2) is 0 Å². The van der Waals surface area contributed by atoms with E-state index in [9.17, 15) is 0 Å². The number of rotatable bonds is 4. The molecule has 0 aromatic heterocycles. The lowest BCUT2D eigenvalue weighted by Gasteiger charge is -2.06. The average Bonchev–Trinajstić information content (AvgIpc) is 2.16. The van der Waals surface area contributed by atoms with E-state index in [1.54, 1.807) is 6.92 Å². The van der Waals surface area contributed by atoms with E-state index < -0.39 is 0 Å². The minimum absolute atomic E-state index is 0.365. The van der Waals surface area contributed by atoms with Gasteiger partial charge in [-0.1, -0.05) is 26.1 Å². The summed E-state index contributed by atoms with van der Waals surface area (Å²) in [4.78, 5) is 4.58. The molecule has 0 saturated carbocycles. The molecule has 5 heteroatoms. The fraction of sp³-hybridized carbons (Fsp3) is 0.556. The van der Waals surface area contributed by atoms with E-state index in [2.05, 4.69) is 24.3 Å². The first kappa shape index (κ1) is 13.1. The molecule has 0 saturated heterocycles. The van der Waals surface area contributed by atoms with Crippen LogP contribution < -0.4 is 17.0 Å². The van der Waals surface area contributed by atoms with Crippen molar-refractivity contribution in [3.63, 3.8) is 0 Å². The maximum absolute atomic E-state index is 5.62. The lowest BCUT2D eigenvalue weighted by atomic mass is 10.1. The van der Waals surface area contributed by atoms with Crippen molar-refractivity contribution in [2.24, 2.45) is 22.5 Å². The molecule has 0 aliphatic carbocycles. The highest BCUT2D eigenvalue weighted by Gasteiger charge is 2.04. The van der Waals surface area contributed by atoms with E-state index in [1.807, 2.05) is 6.21 Å². The number of hydrazine groups is 1. The van der Waals surface area contributed by atoms with Crippen LogP contribution in [0.25, 0.3) is 0 Å². The molecule has 0 amide bonds. The molecule has 0 aromatic rings. The van der Waals surface area contributed by atoms with Gasteiger partial charge in [0.2, 0.25) is 0 Å². The van der Waals surface area contributed by atoms with Crippen molar-refractivity contribution in [3.05, 3.63) is 11.4 Å². The molecular formula is C9H18N4S. The SMILES string of the molecule is CCC(C)C=N/C(C(=S)NN)=C(\C)N. The number of nitrogens with zero attached hydrogens (tertiary/aromatic N) is 1. The average molecular weight is 214 g/mol. The molecule has 0 aliphatic rings. The predicted octanol–water partition coefficient (Wildman–Crippen LogP) is 1.08. The summed E-state index contributed by atoms with van der Waals surface area (Å²) in [5, 5.41) is 0. The molecular weight excluding hydrogens is 196 g/mol. The Labute approximate surface area is 90.4 Å². The zero-order valence-electron chi connectivity index (χ0n) is 8.87. The maximum atomic E-state index is 5.62. The van der Waals surface area contributed by atoms with E-state index >= 15 is 0 Å². The van der Waals surface area contributed by atoms with Gasteiger partial charge in [0.1, 0.15) is 10.7 Å². The van der Waals surface area contributed by atoms with Crippen LogP contribution in [-0.4, -0.2) is 11.2 Å². The monoisotopic (exact) mass is 214 g/mol. The summed E-state index contributed by atoms with van der Waals surface area (Å²) in [5.74, 6) is 5.60. The quantitative estimate of drug-likeness (QED) is 0.215. The van der Waals surface area contributed by atoms with Crippen molar-refractivity contribution in [2.75, 3.05) is 0 Å². The van der Waals surface area contributed by atoms with Gasteiger partial charge in [-0.05, 0) is 19.3 Å². The van der Waals surface area contributed by atoms with Gasteiger partial charge >= 0.3 is 0 Å². The molecule has 0 aromatic carbocycles. The van der Waals surface area contributed by atoms with E-state index in [-0.39, 0.29) is 0 Å². The molecule has 14 heavy (non-hydrogen) atoms. The Bertz CT molecular complexity index is 254. The van der Waals surface area contributed by atoms with E-state index in [0.29, 0.717) is 22.3 Å². The Kier molecular flexibility index (Phi) is 6.07. The molecule has 1 unspecified atom stereocenters. The highest BCUT2D eigenvalue weighted by molar-refractivity contribution is 7.80. The second-order valence-electron chi connectivity index (χ2n) is 3.17. The Morgan fingerprint density at radius 1 is 1.64 bits per heavy atom. The fourth-order valence-corrected chi connectivity index (χ4v) is 0.929. The van der Waals surface area contributed by atoms with Crippen LogP contribution >= 0.6 is 12.2 Å². The number of nitrogens with two attached hydrogens (primary N) is 2. The van der Waals surface area contributed by atoms with Crippen molar-refractivity contribution >= 4 is 23.4 Å². The first-order chi connectivity index (χ1) is 6.52. The predicted molar refractivity (Wildman–Crippen MR) is 64.8 cm³/mol. The number of hydrogen-bond acceptors (Lipinski definition) is 4. The molecule has 5 N–H and O–H groups in total. The van der Waals surface area contributed by atoms with Gasteiger partial charge in [-0.2, -0.15) is 0 Å². The van der Waals surface area contributed by atoms with Crippen molar-refractivity contribution < 1.29 is 0 Å². The molecule has 0 spiro atoms. The lowest BCUT2D eigenvalue weighted by Crippen LogP contribution is -2.30. The third kappa shape index (κ3) is 4.34. The van der Waals surface area contributed by atoms with Crippen molar-refractivity contribution in [1.82, 2.24) is 5.43 Å². The molecule has 0 rings (SSSR count). The number of thiocarbonyl (C=S) groups is 1. The smallest absolute Gasteiger partial charge is 0.141 e. The summed E-state index contributed by atoms with van der Waals surface area (Å²) in [6.07, 6.45) is 2.86. The van der Waals surface area contributed by atoms with Gasteiger partial charge in [-0.25, -0.2) is 5.84 Å². The van der Waals surface area contributed by atoms with E-state index in [0.717, 1.165) is 6.42 Å². The Morgan fingerprint density at radius 2 is 2.21 bits per heavy atom. The maximum Gasteiger partial charge on any atom is 0.141 e. The zero-order valence-corrected chi connectivity index (χ0v) is 9.69. The van der Waals surface area contributed by atoms with Crippen molar-refractivity contribution in [2.45, 2.75) is 27.2 Å². The van der Waals surface area contributed by atoms with Gasteiger partial charge in [-0.3, -0.25) is 4.99 Å². The first-order valence-electron chi connectivity index (χ1n) is 4.54. The largest absolute Gasteiger partial charge is 0.400 e. The van der Waals surface area contributed by atoms with Crippen molar-refractivity contribution in [1.29, 1.82) is 0 Å². The van der Waals surface area contributed by atoms with Crippen molar-refractivity contribution in [3.8, 4) is 0 Å². The summed E-state index contributed by atoms with van der Waals surface area (Å²) >= 11 is 4.95. The molecule has 0 aliphatic heterocycles. The Morgan fingerprint density at radius 3 is 2.57 bits per heavy atom. The van der Waals surface area contributed by atoms with Gasteiger partial charge in [0.25, 0.3) is 0 Å². The molecule has 80 valence electrons. The lowest BCUT2D eigenvalue weighted by molar-refractivity contribution is 0.754. The summed E-state index contributed by atoms with van der Waals surface area (Å²) < 4.78 is 0. The molecule has 0 bridgehead atoms. The Balaban J connectivity index is 4.65. The van der Waals surface area contributed by atoms with Crippen LogP contribution in [0.3, 0.4) is 0 Å². The van der Waals surface area contributed by atoms with Crippen LogP contribution in [0.2, 0.25) is 0 Å². The number of hydrogen-bond donors (Lipinski definition) is 3.